The minimum absolute atomic E-state index is 0.0656. The molecule has 8 heteroatoms. The van der Waals surface area contributed by atoms with E-state index in [1.54, 1.807) is 18.2 Å². The molecule has 4 nitrogen and oxygen atoms in total. The van der Waals surface area contributed by atoms with Gasteiger partial charge in [0.05, 0.1) is 6.61 Å². The van der Waals surface area contributed by atoms with E-state index < -0.39 is 11.7 Å². The van der Waals surface area contributed by atoms with Gasteiger partial charge in [-0.2, -0.15) is 18.2 Å². The van der Waals surface area contributed by atoms with Crippen molar-refractivity contribution in [2.24, 2.45) is 5.92 Å². The van der Waals surface area contributed by atoms with Crippen LogP contribution in [0.15, 0.2) is 30.5 Å². The van der Waals surface area contributed by atoms with Crippen LogP contribution < -0.4 is 9.64 Å². The first kappa shape index (κ1) is 18.8. The minimum atomic E-state index is -4.55. The highest BCUT2D eigenvalue weighted by Gasteiger charge is 2.36. The Balaban J connectivity index is 2.45. The van der Waals surface area contributed by atoms with Gasteiger partial charge < -0.3 is 9.64 Å². The molecule has 0 atom stereocenters. The van der Waals surface area contributed by atoms with Gasteiger partial charge in [0, 0.05) is 22.5 Å². The fraction of sp³-hybridized carbons (Fsp3) is 0.375. The number of nitrogens with zero attached hydrogens (tertiary/aromatic N) is 3. The van der Waals surface area contributed by atoms with Crippen LogP contribution >= 0.6 is 22.6 Å². The van der Waals surface area contributed by atoms with Crippen LogP contribution in [0.25, 0.3) is 0 Å². The first-order chi connectivity index (χ1) is 11.2. The number of benzene rings is 1. The summed E-state index contributed by atoms with van der Waals surface area (Å²) in [6.07, 6.45) is -3.79. The summed E-state index contributed by atoms with van der Waals surface area (Å²) in [6, 6.07) is 7.07. The highest BCUT2D eigenvalue weighted by molar-refractivity contribution is 14.1. The van der Waals surface area contributed by atoms with E-state index >= 15 is 0 Å². The number of anilines is 2. The Morgan fingerprint density at radius 1 is 1.29 bits per heavy atom. The van der Waals surface area contributed by atoms with Crippen molar-refractivity contribution in [3.8, 4) is 6.01 Å². The van der Waals surface area contributed by atoms with E-state index in [4.69, 9.17) is 4.74 Å². The normalized spacial score (nSPS) is 11.7. The average Bonchev–Trinajstić information content (AvgIpc) is 2.51. The van der Waals surface area contributed by atoms with Crippen LogP contribution in [0, 0.1) is 9.49 Å². The summed E-state index contributed by atoms with van der Waals surface area (Å²) in [5.41, 5.74) is -0.304. The van der Waals surface area contributed by atoms with Gasteiger partial charge in [-0.05, 0) is 46.7 Å². The Labute approximate surface area is 152 Å². The van der Waals surface area contributed by atoms with Crippen molar-refractivity contribution in [3.63, 3.8) is 0 Å². The van der Waals surface area contributed by atoms with E-state index in [0.717, 1.165) is 9.77 Å². The average molecular weight is 451 g/mol. The fourth-order valence-corrected chi connectivity index (χ4v) is 2.46. The van der Waals surface area contributed by atoms with E-state index in [0.29, 0.717) is 12.3 Å². The lowest BCUT2D eigenvalue weighted by atomic mass is 10.2. The van der Waals surface area contributed by atoms with E-state index in [-0.39, 0.29) is 17.7 Å². The third kappa shape index (κ3) is 4.71. The summed E-state index contributed by atoms with van der Waals surface area (Å²) < 4.78 is 46.2. The van der Waals surface area contributed by atoms with Gasteiger partial charge in [-0.3, -0.25) is 0 Å². The van der Waals surface area contributed by atoms with Crippen LogP contribution in [-0.4, -0.2) is 23.6 Å². The van der Waals surface area contributed by atoms with Crippen molar-refractivity contribution in [2.75, 3.05) is 18.6 Å². The molecule has 1 aromatic carbocycles. The molecule has 0 radical (unpaired) electrons. The molecule has 130 valence electrons. The zero-order valence-corrected chi connectivity index (χ0v) is 15.6. The standard InChI is InChI=1S/C16H17F3IN3O/c1-10(2)9-24-15-21-8-13(16(17,18)19)14(22-15)23(3)12-6-4-5-11(20)7-12/h4-8,10H,9H2,1-3H3. The molecule has 0 bridgehead atoms. The minimum Gasteiger partial charge on any atom is -0.463 e. The van der Waals surface area contributed by atoms with Gasteiger partial charge in [0.2, 0.25) is 0 Å². The molecule has 0 unspecified atom stereocenters. The number of rotatable bonds is 5. The van der Waals surface area contributed by atoms with Gasteiger partial charge in [0.25, 0.3) is 0 Å². The van der Waals surface area contributed by atoms with Gasteiger partial charge in [0.15, 0.2) is 5.82 Å². The Bertz CT molecular complexity index is 707. The number of alkyl halides is 3. The molecule has 0 N–H and O–H groups in total. The number of halogens is 4. The van der Waals surface area contributed by atoms with Gasteiger partial charge in [0.1, 0.15) is 5.56 Å². The van der Waals surface area contributed by atoms with Crippen molar-refractivity contribution in [1.29, 1.82) is 0 Å². The first-order valence-corrected chi connectivity index (χ1v) is 8.32. The zero-order valence-electron chi connectivity index (χ0n) is 13.4. The summed E-state index contributed by atoms with van der Waals surface area (Å²) in [5.74, 6) is -0.0222. The molecular weight excluding hydrogens is 434 g/mol. The molecular formula is C16H17F3IN3O. The summed E-state index contributed by atoms with van der Waals surface area (Å²) in [7, 11) is 1.54. The molecule has 0 aliphatic rings. The summed E-state index contributed by atoms with van der Waals surface area (Å²) >= 11 is 2.10. The van der Waals surface area contributed by atoms with Gasteiger partial charge in [-0.15, -0.1) is 0 Å². The molecule has 0 amide bonds. The van der Waals surface area contributed by atoms with Gasteiger partial charge in [-0.25, -0.2) is 4.98 Å². The summed E-state index contributed by atoms with van der Waals surface area (Å²) in [6.45, 7) is 4.20. The predicted molar refractivity (Wildman–Crippen MR) is 94.6 cm³/mol. The van der Waals surface area contributed by atoms with E-state index in [2.05, 4.69) is 32.6 Å². The first-order valence-electron chi connectivity index (χ1n) is 7.25. The molecule has 0 spiro atoms. The van der Waals surface area contributed by atoms with Gasteiger partial charge in [-0.1, -0.05) is 19.9 Å². The van der Waals surface area contributed by atoms with Crippen LogP contribution in [-0.2, 0) is 6.18 Å². The lowest BCUT2D eigenvalue weighted by molar-refractivity contribution is -0.137. The van der Waals surface area contributed by atoms with Crippen molar-refractivity contribution < 1.29 is 17.9 Å². The molecule has 0 aliphatic heterocycles. The number of aromatic nitrogens is 2. The van der Waals surface area contributed by atoms with E-state index in [9.17, 15) is 13.2 Å². The van der Waals surface area contributed by atoms with E-state index in [1.165, 1.54) is 11.9 Å². The quantitative estimate of drug-likeness (QED) is 0.607. The fourth-order valence-electron chi connectivity index (χ4n) is 1.93. The molecule has 0 saturated heterocycles. The molecule has 1 heterocycles. The smallest absolute Gasteiger partial charge is 0.421 e. The Kier molecular flexibility index (Phi) is 5.89. The molecule has 2 rings (SSSR count). The highest BCUT2D eigenvalue weighted by atomic mass is 127. The van der Waals surface area contributed by atoms with Crippen molar-refractivity contribution in [1.82, 2.24) is 9.97 Å². The van der Waals surface area contributed by atoms with Gasteiger partial charge >= 0.3 is 12.2 Å². The lowest BCUT2D eigenvalue weighted by Gasteiger charge is -2.23. The molecule has 0 saturated carbocycles. The Morgan fingerprint density at radius 2 is 2.00 bits per heavy atom. The molecule has 1 aromatic heterocycles. The predicted octanol–water partition coefficient (Wildman–Crippen LogP) is 4.90. The monoisotopic (exact) mass is 451 g/mol. The van der Waals surface area contributed by atoms with E-state index in [1.807, 2.05) is 19.9 Å². The maximum absolute atomic E-state index is 13.3. The SMILES string of the molecule is CC(C)COc1ncc(C(F)(F)F)c(N(C)c2cccc(I)c2)n1. The molecule has 0 fully saturated rings. The Morgan fingerprint density at radius 3 is 2.58 bits per heavy atom. The van der Waals surface area contributed by atoms with Crippen LogP contribution in [0.2, 0.25) is 0 Å². The van der Waals surface area contributed by atoms with Crippen LogP contribution in [0.5, 0.6) is 6.01 Å². The topological polar surface area (TPSA) is 38.2 Å². The molecule has 24 heavy (non-hydrogen) atoms. The maximum Gasteiger partial charge on any atom is 0.421 e. The number of ether oxygens (including phenoxy) is 1. The van der Waals surface area contributed by atoms with Crippen LogP contribution in [0.1, 0.15) is 19.4 Å². The number of hydrogen-bond donors (Lipinski definition) is 0. The highest BCUT2D eigenvalue weighted by Crippen LogP contribution is 2.37. The van der Waals surface area contributed by atoms with Crippen molar-refractivity contribution in [2.45, 2.75) is 20.0 Å². The van der Waals surface area contributed by atoms with Crippen molar-refractivity contribution >= 4 is 34.1 Å². The van der Waals surface area contributed by atoms with Crippen molar-refractivity contribution in [3.05, 3.63) is 39.6 Å². The largest absolute Gasteiger partial charge is 0.463 e. The second kappa shape index (κ2) is 7.54. The summed E-state index contributed by atoms with van der Waals surface area (Å²) in [4.78, 5) is 9.06. The lowest BCUT2D eigenvalue weighted by Crippen LogP contribution is -2.20. The molecule has 2 aromatic rings. The van der Waals surface area contributed by atoms with Crippen LogP contribution in [0.4, 0.5) is 24.7 Å². The summed E-state index contributed by atoms with van der Waals surface area (Å²) in [5, 5.41) is 0. The van der Waals surface area contributed by atoms with Crippen LogP contribution in [0.3, 0.4) is 0 Å². The number of hydrogen-bond acceptors (Lipinski definition) is 4. The maximum atomic E-state index is 13.3. The molecule has 0 aliphatic carbocycles. The third-order valence-corrected chi connectivity index (χ3v) is 3.78. The third-order valence-electron chi connectivity index (χ3n) is 3.11. The Hall–Kier alpha value is -1.58. The second-order valence-electron chi connectivity index (χ2n) is 5.63. The zero-order chi connectivity index (χ0) is 17.9. The second-order valence-corrected chi connectivity index (χ2v) is 6.88.